The van der Waals surface area contributed by atoms with Crippen LogP contribution in [0.15, 0.2) is 40.3 Å². The van der Waals surface area contributed by atoms with Crippen LogP contribution in [-0.2, 0) is 17.8 Å². The average Bonchev–Trinajstić information content (AvgIpc) is 3.27. The molecule has 136 valence electrons. The van der Waals surface area contributed by atoms with Crippen LogP contribution in [0.2, 0.25) is 0 Å². The number of furan rings is 1. The van der Waals surface area contributed by atoms with Crippen LogP contribution < -0.4 is 0 Å². The fraction of sp³-hybridized carbons (Fsp3) is 0.381. The summed E-state index contributed by atoms with van der Waals surface area (Å²) in [5, 5.41) is 3.19. The van der Waals surface area contributed by atoms with Crippen molar-refractivity contribution in [1.29, 1.82) is 0 Å². The van der Waals surface area contributed by atoms with E-state index >= 15 is 0 Å². The van der Waals surface area contributed by atoms with Crippen molar-refractivity contribution in [2.24, 2.45) is 0 Å². The minimum absolute atomic E-state index is 0.196. The van der Waals surface area contributed by atoms with Gasteiger partial charge in [0.1, 0.15) is 5.58 Å². The number of fused-ring (bicyclic) bond motifs is 1. The van der Waals surface area contributed by atoms with Gasteiger partial charge in [-0.05, 0) is 48.6 Å². The zero-order chi connectivity index (χ0) is 18.1. The molecule has 0 bridgehead atoms. The van der Waals surface area contributed by atoms with Crippen molar-refractivity contribution in [3.05, 3.63) is 57.5 Å². The van der Waals surface area contributed by atoms with Crippen molar-refractivity contribution in [3.8, 4) is 0 Å². The van der Waals surface area contributed by atoms with Gasteiger partial charge in [-0.1, -0.05) is 6.07 Å². The highest BCUT2D eigenvalue weighted by molar-refractivity contribution is 7.09. The van der Waals surface area contributed by atoms with Crippen LogP contribution in [0.5, 0.6) is 0 Å². The first kappa shape index (κ1) is 17.3. The molecule has 0 radical (unpaired) electrons. The first-order chi connectivity index (χ1) is 12.6. The van der Waals surface area contributed by atoms with E-state index in [9.17, 15) is 4.79 Å². The number of amides is 1. The molecule has 4 nitrogen and oxygen atoms in total. The molecule has 4 rings (SSSR count). The SMILES string of the molecule is Cc1cc2occ(CC(=O)N3CCN(Cc4cccs4)CC3)c2cc1C. The molecule has 1 aliphatic heterocycles. The maximum Gasteiger partial charge on any atom is 0.227 e. The topological polar surface area (TPSA) is 36.7 Å². The predicted octanol–water partition coefficient (Wildman–Crippen LogP) is 4.00. The van der Waals surface area contributed by atoms with Crippen molar-refractivity contribution >= 4 is 28.2 Å². The number of carbonyl (C=O) groups excluding carboxylic acids is 1. The number of piperazine rings is 1. The number of hydrogen-bond acceptors (Lipinski definition) is 4. The number of hydrogen-bond donors (Lipinski definition) is 0. The molecule has 0 atom stereocenters. The zero-order valence-corrected chi connectivity index (χ0v) is 16.1. The monoisotopic (exact) mass is 368 g/mol. The predicted molar refractivity (Wildman–Crippen MR) is 106 cm³/mol. The summed E-state index contributed by atoms with van der Waals surface area (Å²) in [6.07, 6.45) is 2.16. The zero-order valence-electron chi connectivity index (χ0n) is 15.3. The summed E-state index contributed by atoms with van der Waals surface area (Å²) in [4.78, 5) is 18.6. The normalized spacial score (nSPS) is 15.7. The number of nitrogens with zero attached hydrogens (tertiary/aromatic N) is 2. The van der Waals surface area contributed by atoms with Crippen LogP contribution in [0.25, 0.3) is 11.0 Å². The summed E-state index contributed by atoms with van der Waals surface area (Å²) in [5.74, 6) is 0.196. The largest absolute Gasteiger partial charge is 0.464 e. The summed E-state index contributed by atoms with van der Waals surface area (Å²) in [6, 6.07) is 8.46. The van der Waals surface area contributed by atoms with Gasteiger partial charge in [-0.25, -0.2) is 0 Å². The third-order valence-electron chi connectivity index (χ3n) is 5.30. The Hall–Kier alpha value is -2.11. The maximum absolute atomic E-state index is 12.8. The van der Waals surface area contributed by atoms with Crippen molar-refractivity contribution in [2.45, 2.75) is 26.8 Å². The fourth-order valence-corrected chi connectivity index (χ4v) is 4.27. The van der Waals surface area contributed by atoms with Crippen LogP contribution in [0, 0.1) is 13.8 Å². The summed E-state index contributed by atoms with van der Waals surface area (Å²) in [6.45, 7) is 8.65. The summed E-state index contributed by atoms with van der Waals surface area (Å²) in [5.41, 5.74) is 4.31. The molecule has 0 aliphatic carbocycles. The van der Waals surface area contributed by atoms with Crippen molar-refractivity contribution < 1.29 is 9.21 Å². The number of carbonyl (C=O) groups is 1. The second-order valence-corrected chi connectivity index (χ2v) is 8.14. The maximum atomic E-state index is 12.8. The Bertz CT molecular complexity index is 906. The molecule has 0 saturated carbocycles. The second-order valence-electron chi connectivity index (χ2n) is 7.11. The van der Waals surface area contributed by atoms with E-state index in [2.05, 4.69) is 48.4 Å². The van der Waals surface area contributed by atoms with E-state index < -0.39 is 0 Å². The van der Waals surface area contributed by atoms with E-state index in [0.29, 0.717) is 6.42 Å². The fourth-order valence-electron chi connectivity index (χ4n) is 3.53. The minimum atomic E-state index is 0.196. The third-order valence-corrected chi connectivity index (χ3v) is 6.16. The number of rotatable bonds is 4. The summed E-state index contributed by atoms with van der Waals surface area (Å²) < 4.78 is 5.67. The van der Waals surface area contributed by atoms with Gasteiger partial charge in [0, 0.05) is 48.6 Å². The van der Waals surface area contributed by atoms with Crippen LogP contribution >= 0.6 is 11.3 Å². The molecule has 1 aromatic carbocycles. The molecule has 5 heteroatoms. The van der Waals surface area contributed by atoms with E-state index in [0.717, 1.165) is 49.3 Å². The first-order valence-corrected chi connectivity index (χ1v) is 9.98. The molecule has 1 amide bonds. The van der Waals surface area contributed by atoms with Crippen molar-refractivity contribution in [1.82, 2.24) is 9.80 Å². The first-order valence-electron chi connectivity index (χ1n) is 9.10. The van der Waals surface area contributed by atoms with Gasteiger partial charge >= 0.3 is 0 Å². The Morgan fingerprint density at radius 3 is 2.65 bits per heavy atom. The summed E-state index contributed by atoms with van der Waals surface area (Å²) in [7, 11) is 0. The standard InChI is InChI=1S/C21H24N2O2S/c1-15-10-19-17(14-25-20(19)11-16(15)2)12-21(24)23-7-5-22(6-8-23)13-18-4-3-9-26-18/h3-4,9-11,14H,5-8,12-13H2,1-2H3. The lowest BCUT2D eigenvalue weighted by molar-refractivity contribution is -0.132. The van der Waals surface area contributed by atoms with Gasteiger partial charge in [-0.15, -0.1) is 11.3 Å². The van der Waals surface area contributed by atoms with Crippen molar-refractivity contribution in [2.75, 3.05) is 26.2 Å². The lowest BCUT2D eigenvalue weighted by atomic mass is 10.0. The van der Waals surface area contributed by atoms with E-state index in [1.165, 1.54) is 16.0 Å². The molecule has 0 spiro atoms. The lowest BCUT2D eigenvalue weighted by Crippen LogP contribution is -2.48. The van der Waals surface area contributed by atoms with Crippen LogP contribution in [-0.4, -0.2) is 41.9 Å². The van der Waals surface area contributed by atoms with Gasteiger partial charge in [0.2, 0.25) is 5.91 Å². The lowest BCUT2D eigenvalue weighted by Gasteiger charge is -2.34. The molecule has 3 aromatic rings. The molecular formula is C21H24N2O2S. The summed E-state index contributed by atoms with van der Waals surface area (Å²) >= 11 is 1.80. The number of aryl methyl sites for hydroxylation is 2. The Morgan fingerprint density at radius 1 is 1.15 bits per heavy atom. The Balaban J connectivity index is 1.38. The molecule has 1 aliphatic rings. The Kier molecular flexibility index (Phi) is 4.83. The van der Waals surface area contributed by atoms with Gasteiger partial charge in [0.15, 0.2) is 0 Å². The Morgan fingerprint density at radius 2 is 1.92 bits per heavy atom. The van der Waals surface area contributed by atoms with E-state index in [1.54, 1.807) is 17.6 Å². The highest BCUT2D eigenvalue weighted by Crippen LogP contribution is 2.25. The molecule has 0 unspecified atom stereocenters. The van der Waals surface area contributed by atoms with E-state index in [4.69, 9.17) is 4.42 Å². The van der Waals surface area contributed by atoms with Gasteiger partial charge in [0.05, 0.1) is 12.7 Å². The molecule has 0 N–H and O–H groups in total. The van der Waals surface area contributed by atoms with Crippen molar-refractivity contribution in [3.63, 3.8) is 0 Å². The number of benzene rings is 1. The van der Waals surface area contributed by atoms with Crippen LogP contribution in [0.3, 0.4) is 0 Å². The van der Waals surface area contributed by atoms with E-state index in [1.807, 2.05) is 4.90 Å². The molecule has 1 fully saturated rings. The average molecular weight is 369 g/mol. The second kappa shape index (κ2) is 7.25. The number of thiophene rings is 1. The highest BCUT2D eigenvalue weighted by atomic mass is 32.1. The van der Waals surface area contributed by atoms with Gasteiger partial charge in [-0.3, -0.25) is 9.69 Å². The van der Waals surface area contributed by atoms with Gasteiger partial charge in [-0.2, -0.15) is 0 Å². The van der Waals surface area contributed by atoms with Crippen LogP contribution in [0.4, 0.5) is 0 Å². The Labute approximate surface area is 158 Å². The van der Waals surface area contributed by atoms with Crippen LogP contribution in [0.1, 0.15) is 21.6 Å². The smallest absolute Gasteiger partial charge is 0.227 e. The molecule has 1 saturated heterocycles. The van der Waals surface area contributed by atoms with Gasteiger partial charge in [0.25, 0.3) is 0 Å². The molecular weight excluding hydrogens is 344 g/mol. The molecule has 3 heterocycles. The third kappa shape index (κ3) is 3.55. The highest BCUT2D eigenvalue weighted by Gasteiger charge is 2.22. The molecule has 2 aromatic heterocycles. The molecule has 26 heavy (non-hydrogen) atoms. The van der Waals surface area contributed by atoms with Gasteiger partial charge < -0.3 is 9.32 Å². The minimum Gasteiger partial charge on any atom is -0.464 e. The quantitative estimate of drug-likeness (QED) is 0.698. The van der Waals surface area contributed by atoms with E-state index in [-0.39, 0.29) is 5.91 Å².